The summed E-state index contributed by atoms with van der Waals surface area (Å²) in [5.74, 6) is 0.597. The quantitative estimate of drug-likeness (QED) is 0.300. The van der Waals surface area contributed by atoms with Gasteiger partial charge in [-0.2, -0.15) is 9.78 Å². The smallest absolute Gasteiger partial charge is 0.296 e. The summed E-state index contributed by atoms with van der Waals surface area (Å²) in [6.45, 7) is 0. The van der Waals surface area contributed by atoms with E-state index in [4.69, 9.17) is 37.4 Å². The molecule has 0 unspecified atom stereocenters. The van der Waals surface area contributed by atoms with Crippen LogP contribution in [-0.4, -0.2) is 41.6 Å². The number of para-hydroxylation sites is 1. The number of fused-ring (bicyclic) bond motifs is 3. The van der Waals surface area contributed by atoms with Gasteiger partial charge in [0.25, 0.3) is 11.5 Å². The standard InChI is InChI=1S/C27H22Cl2N4O5/c1-32-19-8-6-5-7-15(19)23-24(26(34)30-18-12-17(29)21(37-3)13-22(18)38-4)31-33(27(35)25(23)32)14-9-10-20(36-2)16(28)11-14/h5-13H,1-4H3,(H,30,34). The van der Waals surface area contributed by atoms with Crippen molar-refractivity contribution in [2.75, 3.05) is 26.6 Å². The van der Waals surface area contributed by atoms with Crippen LogP contribution in [0.5, 0.6) is 17.2 Å². The Labute approximate surface area is 227 Å². The van der Waals surface area contributed by atoms with Gasteiger partial charge in [-0.25, -0.2) is 0 Å². The Balaban J connectivity index is 1.77. The number of aryl methyl sites for hydroxylation is 1. The van der Waals surface area contributed by atoms with Crippen LogP contribution in [0.3, 0.4) is 0 Å². The first-order valence-corrected chi connectivity index (χ1v) is 12.1. The van der Waals surface area contributed by atoms with Crippen LogP contribution >= 0.6 is 23.2 Å². The number of methoxy groups -OCH3 is 3. The van der Waals surface area contributed by atoms with Crippen LogP contribution < -0.4 is 25.1 Å². The molecule has 0 saturated carbocycles. The molecule has 0 spiro atoms. The van der Waals surface area contributed by atoms with Crippen molar-refractivity contribution in [2.24, 2.45) is 7.05 Å². The monoisotopic (exact) mass is 552 g/mol. The van der Waals surface area contributed by atoms with Gasteiger partial charge in [0.2, 0.25) is 0 Å². The van der Waals surface area contributed by atoms with Gasteiger partial charge >= 0.3 is 0 Å². The molecule has 0 fully saturated rings. The van der Waals surface area contributed by atoms with E-state index in [1.807, 2.05) is 24.3 Å². The van der Waals surface area contributed by atoms with Crippen LogP contribution in [0, 0.1) is 0 Å². The Morgan fingerprint density at radius 3 is 2.26 bits per heavy atom. The Morgan fingerprint density at radius 1 is 0.895 bits per heavy atom. The summed E-state index contributed by atoms with van der Waals surface area (Å²) in [6.07, 6.45) is 0. The predicted octanol–water partition coefficient (Wildman–Crippen LogP) is 5.46. The molecule has 0 aliphatic heterocycles. The number of amides is 1. The highest BCUT2D eigenvalue weighted by atomic mass is 35.5. The molecular formula is C27H22Cl2N4O5. The lowest BCUT2D eigenvalue weighted by Crippen LogP contribution is -2.27. The Bertz CT molecular complexity index is 1790. The summed E-state index contributed by atoms with van der Waals surface area (Å²) >= 11 is 12.6. The molecule has 0 atom stereocenters. The van der Waals surface area contributed by atoms with Crippen LogP contribution in [0.25, 0.3) is 27.5 Å². The number of nitrogens with zero attached hydrogens (tertiary/aromatic N) is 3. The summed E-state index contributed by atoms with van der Waals surface area (Å²) in [7, 11) is 6.21. The molecule has 0 aliphatic carbocycles. The van der Waals surface area contributed by atoms with Gasteiger partial charge in [-0.1, -0.05) is 41.4 Å². The largest absolute Gasteiger partial charge is 0.495 e. The van der Waals surface area contributed by atoms with Gasteiger partial charge in [0.1, 0.15) is 22.8 Å². The third kappa shape index (κ3) is 4.09. The molecule has 5 rings (SSSR count). The van der Waals surface area contributed by atoms with Gasteiger partial charge in [0, 0.05) is 29.4 Å². The minimum atomic E-state index is -0.570. The second kappa shape index (κ2) is 9.92. The van der Waals surface area contributed by atoms with Crippen LogP contribution in [0.4, 0.5) is 5.69 Å². The Morgan fingerprint density at radius 2 is 1.58 bits per heavy atom. The van der Waals surface area contributed by atoms with Crippen LogP contribution in [-0.2, 0) is 7.05 Å². The number of nitrogens with one attached hydrogen (secondary N) is 1. The van der Waals surface area contributed by atoms with E-state index in [0.717, 1.165) is 10.2 Å². The fraction of sp³-hybridized carbons (Fsp3) is 0.148. The van der Waals surface area contributed by atoms with Crippen molar-refractivity contribution in [3.8, 4) is 22.9 Å². The van der Waals surface area contributed by atoms with E-state index >= 15 is 0 Å². The normalized spacial score (nSPS) is 11.1. The van der Waals surface area contributed by atoms with Gasteiger partial charge in [0.05, 0.1) is 42.7 Å². The lowest BCUT2D eigenvalue weighted by atomic mass is 10.1. The first kappa shape index (κ1) is 25.4. The zero-order valence-corrected chi connectivity index (χ0v) is 22.3. The molecule has 0 radical (unpaired) electrons. The molecule has 1 N–H and O–H groups in total. The van der Waals surface area contributed by atoms with E-state index in [1.54, 1.807) is 35.9 Å². The summed E-state index contributed by atoms with van der Waals surface area (Å²) in [5.41, 5.74) is 1.36. The van der Waals surface area contributed by atoms with Crippen LogP contribution in [0.15, 0.2) is 59.4 Å². The SMILES string of the molecule is COc1ccc(-n2nc(C(=O)Nc3cc(Cl)c(OC)cc3OC)c3c4ccccc4n(C)c3c2=O)cc1Cl. The molecule has 38 heavy (non-hydrogen) atoms. The van der Waals surface area contributed by atoms with E-state index < -0.39 is 11.5 Å². The molecule has 0 aliphatic rings. The maximum atomic E-state index is 13.8. The van der Waals surface area contributed by atoms with Gasteiger partial charge in [0.15, 0.2) is 5.69 Å². The zero-order valence-electron chi connectivity index (χ0n) is 20.8. The fourth-order valence-electron chi connectivity index (χ4n) is 4.44. The van der Waals surface area contributed by atoms with Crippen molar-refractivity contribution in [3.05, 3.63) is 80.7 Å². The summed E-state index contributed by atoms with van der Waals surface area (Å²) in [5, 5.41) is 9.04. The average molecular weight is 553 g/mol. The fourth-order valence-corrected chi connectivity index (χ4v) is 4.93. The molecule has 0 bridgehead atoms. The number of hydrogen-bond acceptors (Lipinski definition) is 6. The lowest BCUT2D eigenvalue weighted by molar-refractivity contribution is 0.102. The second-order valence-corrected chi connectivity index (χ2v) is 9.14. The minimum absolute atomic E-state index is 0.0253. The van der Waals surface area contributed by atoms with Crippen molar-refractivity contribution < 1.29 is 19.0 Å². The van der Waals surface area contributed by atoms with Crippen molar-refractivity contribution in [2.45, 2.75) is 0 Å². The molecule has 194 valence electrons. The van der Waals surface area contributed by atoms with E-state index in [9.17, 15) is 9.59 Å². The Hall–Kier alpha value is -4.21. The molecule has 1 amide bonds. The van der Waals surface area contributed by atoms with Gasteiger partial charge in [-0.05, 0) is 30.3 Å². The molecule has 11 heteroatoms. The van der Waals surface area contributed by atoms with E-state index in [0.29, 0.717) is 49.9 Å². The second-order valence-electron chi connectivity index (χ2n) is 8.33. The number of rotatable bonds is 6. The highest BCUT2D eigenvalue weighted by Gasteiger charge is 2.25. The lowest BCUT2D eigenvalue weighted by Gasteiger charge is -2.14. The predicted molar refractivity (Wildman–Crippen MR) is 148 cm³/mol. The topological polar surface area (TPSA) is 96.6 Å². The number of carbonyl (C=O) groups excluding carboxylic acids is 1. The number of aromatic nitrogens is 3. The molecular weight excluding hydrogens is 531 g/mol. The van der Waals surface area contributed by atoms with E-state index in [1.165, 1.54) is 27.4 Å². The maximum absolute atomic E-state index is 13.8. The molecule has 9 nitrogen and oxygen atoms in total. The first-order chi connectivity index (χ1) is 18.3. The van der Waals surface area contributed by atoms with Crippen molar-refractivity contribution >= 4 is 56.6 Å². The highest BCUT2D eigenvalue weighted by molar-refractivity contribution is 6.33. The number of benzene rings is 3. The number of ether oxygens (including phenoxy) is 3. The van der Waals surface area contributed by atoms with Gasteiger partial charge in [-0.15, -0.1) is 0 Å². The third-order valence-corrected chi connectivity index (χ3v) is 6.85. The highest BCUT2D eigenvalue weighted by Crippen LogP contribution is 2.37. The minimum Gasteiger partial charge on any atom is -0.495 e. The number of anilines is 1. The Kier molecular flexibility index (Phi) is 6.64. The molecule has 3 aromatic carbocycles. The molecule has 0 saturated heterocycles. The third-order valence-electron chi connectivity index (χ3n) is 6.26. The average Bonchev–Trinajstić information content (AvgIpc) is 3.22. The van der Waals surface area contributed by atoms with Gasteiger partial charge in [-0.3, -0.25) is 9.59 Å². The van der Waals surface area contributed by atoms with Crippen LogP contribution in [0.2, 0.25) is 10.0 Å². The molecule has 5 aromatic rings. The zero-order chi connectivity index (χ0) is 27.1. The van der Waals surface area contributed by atoms with Crippen molar-refractivity contribution in [1.29, 1.82) is 0 Å². The van der Waals surface area contributed by atoms with E-state index in [-0.39, 0.29) is 10.7 Å². The van der Waals surface area contributed by atoms with Crippen molar-refractivity contribution in [1.82, 2.24) is 14.3 Å². The van der Waals surface area contributed by atoms with Crippen molar-refractivity contribution in [3.63, 3.8) is 0 Å². The summed E-state index contributed by atoms with van der Waals surface area (Å²) in [6, 6.07) is 15.3. The first-order valence-electron chi connectivity index (χ1n) is 11.4. The maximum Gasteiger partial charge on any atom is 0.296 e. The van der Waals surface area contributed by atoms with E-state index in [2.05, 4.69) is 10.4 Å². The summed E-state index contributed by atoms with van der Waals surface area (Å²) in [4.78, 5) is 27.6. The van der Waals surface area contributed by atoms with Crippen LogP contribution in [0.1, 0.15) is 10.5 Å². The molecule has 2 aromatic heterocycles. The summed E-state index contributed by atoms with van der Waals surface area (Å²) < 4.78 is 18.8. The number of halogens is 2. The number of hydrogen-bond donors (Lipinski definition) is 1. The molecule has 2 heterocycles. The number of carbonyl (C=O) groups is 1. The van der Waals surface area contributed by atoms with Gasteiger partial charge < -0.3 is 24.1 Å².